The summed E-state index contributed by atoms with van der Waals surface area (Å²) in [5.41, 5.74) is 5.36. The first-order valence-corrected chi connectivity index (χ1v) is 15.0. The Labute approximate surface area is 286 Å². The predicted molar refractivity (Wildman–Crippen MR) is 191 cm³/mol. The summed E-state index contributed by atoms with van der Waals surface area (Å²) in [6.07, 6.45) is 14.1. The molecule has 0 spiro atoms. The van der Waals surface area contributed by atoms with Gasteiger partial charge in [0.1, 0.15) is 0 Å². The van der Waals surface area contributed by atoms with Crippen LogP contribution in [0.2, 0.25) is 0 Å². The number of carbonyl (C=O) groups is 4. The van der Waals surface area contributed by atoms with Crippen LogP contribution in [0.15, 0.2) is 97.1 Å². The highest BCUT2D eigenvalue weighted by Crippen LogP contribution is 2.21. The molecule has 0 aliphatic heterocycles. The standard InChI is InChI=1S/C40H28N2O8/c43-37(44)29-13-1-25(2-14-29)9-21-33-34(22-10-26-3-15-30(16-4-26)38(45)46)42-36(24-12-28-7-19-32(20-8-28)40(49)50)35(41-33)23-11-27-5-17-31(18-6-27)39(47)48/h1-24H,(H,43,44)(H,45,46)(H,47,48)(H,49,50). The first-order valence-electron chi connectivity index (χ1n) is 15.0. The van der Waals surface area contributed by atoms with Crippen molar-refractivity contribution in [3.63, 3.8) is 0 Å². The van der Waals surface area contributed by atoms with Gasteiger partial charge in [-0.15, -0.1) is 0 Å². The van der Waals surface area contributed by atoms with Crippen molar-refractivity contribution in [1.82, 2.24) is 9.97 Å². The third kappa shape index (κ3) is 8.99. The fourth-order valence-electron chi connectivity index (χ4n) is 4.63. The molecule has 0 saturated heterocycles. The molecule has 0 unspecified atom stereocenters. The van der Waals surface area contributed by atoms with Gasteiger partial charge in [0.15, 0.2) is 0 Å². The van der Waals surface area contributed by atoms with Gasteiger partial charge in [-0.25, -0.2) is 29.1 Å². The van der Waals surface area contributed by atoms with E-state index in [9.17, 15) is 39.6 Å². The van der Waals surface area contributed by atoms with Crippen LogP contribution in [-0.4, -0.2) is 54.3 Å². The monoisotopic (exact) mass is 664 g/mol. The average Bonchev–Trinajstić information content (AvgIpc) is 3.12. The van der Waals surface area contributed by atoms with Crippen molar-refractivity contribution in [2.24, 2.45) is 0 Å². The van der Waals surface area contributed by atoms with Crippen LogP contribution in [0.1, 0.15) is 86.5 Å². The first-order chi connectivity index (χ1) is 24.0. The third-order valence-corrected chi connectivity index (χ3v) is 7.37. The van der Waals surface area contributed by atoms with E-state index >= 15 is 0 Å². The van der Waals surface area contributed by atoms with Crippen LogP contribution in [-0.2, 0) is 0 Å². The van der Waals surface area contributed by atoms with Crippen molar-refractivity contribution in [2.75, 3.05) is 0 Å². The van der Waals surface area contributed by atoms with Crippen molar-refractivity contribution < 1.29 is 39.6 Å². The predicted octanol–water partition coefficient (Wildman–Crippen LogP) is 7.95. The number of hydrogen-bond acceptors (Lipinski definition) is 6. The van der Waals surface area contributed by atoms with Crippen LogP contribution in [0.5, 0.6) is 0 Å². The lowest BCUT2D eigenvalue weighted by molar-refractivity contribution is 0.0686. The Morgan fingerprint density at radius 2 is 0.500 bits per heavy atom. The van der Waals surface area contributed by atoms with Gasteiger partial charge in [0.25, 0.3) is 0 Å². The number of carboxylic acid groups (broad SMARTS) is 4. The normalized spacial score (nSPS) is 11.5. The van der Waals surface area contributed by atoms with E-state index in [1.807, 2.05) is 0 Å². The van der Waals surface area contributed by atoms with E-state index in [1.54, 1.807) is 97.1 Å². The minimum absolute atomic E-state index is 0.150. The van der Waals surface area contributed by atoms with Crippen molar-refractivity contribution in [1.29, 1.82) is 0 Å². The summed E-state index contributed by atoms with van der Waals surface area (Å²) in [6.45, 7) is 0. The number of carboxylic acids is 4. The average molecular weight is 665 g/mol. The topological polar surface area (TPSA) is 175 Å². The number of aromatic carboxylic acids is 4. The Kier molecular flexibility index (Phi) is 10.6. The molecule has 0 aliphatic carbocycles. The summed E-state index contributed by atoms with van der Waals surface area (Å²) < 4.78 is 0. The summed E-state index contributed by atoms with van der Waals surface area (Å²) in [4.78, 5) is 55.1. The van der Waals surface area contributed by atoms with E-state index in [2.05, 4.69) is 0 Å². The molecule has 0 aliphatic rings. The van der Waals surface area contributed by atoms with Gasteiger partial charge in [-0.1, -0.05) is 72.8 Å². The Morgan fingerprint density at radius 3 is 0.660 bits per heavy atom. The van der Waals surface area contributed by atoms with E-state index in [0.29, 0.717) is 22.8 Å². The Balaban J connectivity index is 1.60. The second kappa shape index (κ2) is 15.6. The number of aromatic nitrogens is 2. The fraction of sp³-hybridized carbons (Fsp3) is 0. The first kappa shape index (κ1) is 34.1. The van der Waals surface area contributed by atoms with E-state index in [0.717, 1.165) is 22.3 Å². The molecule has 0 fully saturated rings. The van der Waals surface area contributed by atoms with Gasteiger partial charge in [-0.3, -0.25) is 0 Å². The quantitative estimate of drug-likeness (QED) is 0.102. The molecule has 1 heterocycles. The van der Waals surface area contributed by atoms with Crippen LogP contribution in [0.25, 0.3) is 48.6 Å². The number of hydrogen-bond donors (Lipinski definition) is 4. The van der Waals surface area contributed by atoms with E-state index in [-0.39, 0.29) is 22.3 Å². The molecule has 0 amide bonds. The highest BCUT2D eigenvalue weighted by Gasteiger charge is 2.10. The molecule has 1 aromatic heterocycles. The van der Waals surface area contributed by atoms with E-state index < -0.39 is 23.9 Å². The molecule has 246 valence electrons. The SMILES string of the molecule is O=C(O)c1ccc(C=Cc2nc(C=Cc3ccc(C(=O)O)cc3)c(C=Cc3ccc(C(=O)O)cc3)nc2C=Cc2ccc(C(=O)O)cc2)cc1. The van der Waals surface area contributed by atoms with Gasteiger partial charge in [0, 0.05) is 0 Å². The molecule has 50 heavy (non-hydrogen) atoms. The van der Waals surface area contributed by atoms with E-state index in [1.165, 1.54) is 48.5 Å². The van der Waals surface area contributed by atoms with Crippen LogP contribution in [0.4, 0.5) is 0 Å². The molecule has 4 aromatic carbocycles. The van der Waals surface area contributed by atoms with Crippen molar-refractivity contribution in [3.8, 4) is 0 Å². The maximum Gasteiger partial charge on any atom is 0.335 e. The molecule has 0 atom stereocenters. The van der Waals surface area contributed by atoms with Gasteiger partial charge >= 0.3 is 23.9 Å². The Morgan fingerprint density at radius 1 is 0.320 bits per heavy atom. The summed E-state index contributed by atoms with van der Waals surface area (Å²) in [5.74, 6) is -4.15. The Bertz CT molecular complexity index is 1870. The lowest BCUT2D eigenvalue weighted by atomic mass is 10.1. The van der Waals surface area contributed by atoms with Gasteiger partial charge in [0.05, 0.1) is 45.0 Å². The van der Waals surface area contributed by atoms with Crippen molar-refractivity contribution in [2.45, 2.75) is 0 Å². The molecule has 0 radical (unpaired) electrons. The molecule has 5 rings (SSSR count). The maximum atomic E-state index is 11.3. The zero-order valence-electron chi connectivity index (χ0n) is 26.2. The highest BCUT2D eigenvalue weighted by molar-refractivity contribution is 5.90. The molecule has 0 bridgehead atoms. The summed E-state index contributed by atoms with van der Waals surface area (Å²) in [6, 6.07) is 25.3. The van der Waals surface area contributed by atoms with Gasteiger partial charge in [-0.05, 0) is 95.1 Å². The van der Waals surface area contributed by atoms with Gasteiger partial charge < -0.3 is 20.4 Å². The summed E-state index contributed by atoms with van der Waals surface area (Å²) in [5, 5.41) is 37.0. The molecule has 5 aromatic rings. The smallest absolute Gasteiger partial charge is 0.335 e. The van der Waals surface area contributed by atoms with Crippen LogP contribution in [0.3, 0.4) is 0 Å². The summed E-state index contributed by atoms with van der Waals surface area (Å²) in [7, 11) is 0. The van der Waals surface area contributed by atoms with Gasteiger partial charge in [0.2, 0.25) is 0 Å². The minimum Gasteiger partial charge on any atom is -0.478 e. The summed E-state index contributed by atoms with van der Waals surface area (Å²) >= 11 is 0. The second-order valence-corrected chi connectivity index (χ2v) is 10.8. The molecule has 0 saturated carbocycles. The number of nitrogens with zero attached hydrogens (tertiary/aromatic N) is 2. The van der Waals surface area contributed by atoms with Crippen molar-refractivity contribution in [3.05, 3.63) is 164 Å². The highest BCUT2D eigenvalue weighted by atomic mass is 16.4. The zero-order valence-corrected chi connectivity index (χ0v) is 26.2. The zero-order chi connectivity index (χ0) is 35.6. The second-order valence-electron chi connectivity index (χ2n) is 10.8. The fourth-order valence-corrected chi connectivity index (χ4v) is 4.63. The third-order valence-electron chi connectivity index (χ3n) is 7.37. The van der Waals surface area contributed by atoms with Crippen molar-refractivity contribution >= 4 is 72.5 Å². The van der Waals surface area contributed by atoms with E-state index in [4.69, 9.17) is 9.97 Å². The molecular formula is C40H28N2O8. The largest absolute Gasteiger partial charge is 0.478 e. The Hall–Kier alpha value is -7.20. The minimum atomic E-state index is -1.04. The molecule has 10 heteroatoms. The molecular weight excluding hydrogens is 636 g/mol. The lowest BCUT2D eigenvalue weighted by Crippen LogP contribution is -2.00. The number of rotatable bonds is 12. The van der Waals surface area contributed by atoms with Crippen LogP contribution < -0.4 is 0 Å². The number of benzene rings is 4. The molecule has 4 N–H and O–H groups in total. The van der Waals surface area contributed by atoms with Crippen LogP contribution >= 0.6 is 0 Å². The molecule has 10 nitrogen and oxygen atoms in total. The maximum absolute atomic E-state index is 11.3. The van der Waals surface area contributed by atoms with Crippen LogP contribution in [0, 0.1) is 0 Å². The van der Waals surface area contributed by atoms with Gasteiger partial charge in [-0.2, -0.15) is 0 Å². The lowest BCUT2D eigenvalue weighted by Gasteiger charge is -2.08.